The maximum Gasteiger partial charge on any atom is 0.253 e. The molecule has 2 aromatic carbocycles. The number of anilines is 2. The Kier molecular flexibility index (Phi) is 7.47. The first-order chi connectivity index (χ1) is 16.4. The zero-order valence-corrected chi connectivity index (χ0v) is 20.6. The fourth-order valence-corrected chi connectivity index (χ4v) is 4.64. The lowest BCUT2D eigenvalue weighted by Crippen LogP contribution is -2.48. The molecule has 1 aromatic heterocycles. The second-order valence-corrected chi connectivity index (χ2v) is 9.40. The molecule has 3 aromatic rings. The van der Waals surface area contributed by atoms with Crippen molar-refractivity contribution in [3.63, 3.8) is 0 Å². The molecule has 0 saturated carbocycles. The number of carbonyl (C=O) groups is 2. The molecule has 7 nitrogen and oxygen atoms in total. The van der Waals surface area contributed by atoms with Gasteiger partial charge in [0.2, 0.25) is 5.91 Å². The van der Waals surface area contributed by atoms with Crippen LogP contribution < -0.4 is 10.2 Å². The van der Waals surface area contributed by atoms with E-state index in [2.05, 4.69) is 20.2 Å². The Labute approximate surface area is 204 Å². The van der Waals surface area contributed by atoms with Gasteiger partial charge in [0.05, 0.1) is 5.75 Å². The average molecular weight is 476 g/mol. The number of nitrogens with zero attached hydrogens (tertiary/aromatic N) is 4. The number of aromatic nitrogens is 2. The summed E-state index contributed by atoms with van der Waals surface area (Å²) in [4.78, 5) is 38.0. The minimum absolute atomic E-state index is 0.0850. The van der Waals surface area contributed by atoms with Crippen molar-refractivity contribution in [3.8, 4) is 0 Å². The Balaban J connectivity index is 1.26. The van der Waals surface area contributed by atoms with Gasteiger partial charge >= 0.3 is 0 Å². The quantitative estimate of drug-likeness (QED) is 0.427. The van der Waals surface area contributed by atoms with Crippen LogP contribution in [0.15, 0.2) is 59.8 Å². The number of aryl methyl sites for hydroxylation is 3. The first-order valence-electron chi connectivity index (χ1n) is 11.3. The summed E-state index contributed by atoms with van der Waals surface area (Å²) >= 11 is 1.33. The number of rotatable bonds is 6. The molecule has 0 aliphatic carbocycles. The Morgan fingerprint density at radius 2 is 1.50 bits per heavy atom. The topological polar surface area (TPSA) is 78.4 Å². The molecule has 0 unspecified atom stereocenters. The predicted octanol–water partition coefficient (Wildman–Crippen LogP) is 4.10. The Bertz CT molecular complexity index is 1140. The first kappa shape index (κ1) is 23.8. The second kappa shape index (κ2) is 10.7. The molecular formula is C26H29N5O2S. The number of hydrogen-bond donors (Lipinski definition) is 1. The maximum atomic E-state index is 12.7. The van der Waals surface area contributed by atoms with E-state index in [0.717, 1.165) is 47.0 Å². The van der Waals surface area contributed by atoms with Crippen LogP contribution >= 0.6 is 11.8 Å². The molecule has 0 atom stereocenters. The largest absolute Gasteiger partial charge is 0.368 e. The Morgan fingerprint density at radius 3 is 2.12 bits per heavy atom. The standard InChI is InChI=1S/C26H29N5O2S/c1-18-4-6-21(7-5-18)25(33)31-14-12-30(13-15-31)23-10-8-22(9-11-23)29-24(32)17-34-26-27-19(2)16-20(3)28-26/h4-11,16H,12-15,17H2,1-3H3,(H,29,32). The van der Waals surface area contributed by atoms with E-state index in [9.17, 15) is 9.59 Å². The van der Waals surface area contributed by atoms with Gasteiger partial charge < -0.3 is 15.1 Å². The van der Waals surface area contributed by atoms with Crippen LogP contribution in [0.2, 0.25) is 0 Å². The number of hydrogen-bond acceptors (Lipinski definition) is 6. The van der Waals surface area contributed by atoms with Gasteiger partial charge in [-0.05, 0) is 63.2 Å². The van der Waals surface area contributed by atoms with Gasteiger partial charge in [-0.3, -0.25) is 9.59 Å². The third-order valence-corrected chi connectivity index (χ3v) is 6.52. The summed E-state index contributed by atoms with van der Waals surface area (Å²) in [5.41, 5.74) is 5.51. The highest BCUT2D eigenvalue weighted by molar-refractivity contribution is 7.99. The zero-order valence-electron chi connectivity index (χ0n) is 19.7. The summed E-state index contributed by atoms with van der Waals surface area (Å²) in [6.07, 6.45) is 0. The lowest BCUT2D eigenvalue weighted by molar-refractivity contribution is -0.113. The monoisotopic (exact) mass is 475 g/mol. The third-order valence-electron chi connectivity index (χ3n) is 5.68. The fraction of sp³-hybridized carbons (Fsp3) is 0.308. The van der Waals surface area contributed by atoms with Gasteiger partial charge in [-0.2, -0.15) is 0 Å². The van der Waals surface area contributed by atoms with Crippen molar-refractivity contribution < 1.29 is 9.59 Å². The molecule has 0 bridgehead atoms. The van der Waals surface area contributed by atoms with Crippen LogP contribution in [0, 0.1) is 20.8 Å². The summed E-state index contributed by atoms with van der Waals surface area (Å²) in [7, 11) is 0. The molecule has 1 aliphatic rings. The fourth-order valence-electron chi connectivity index (χ4n) is 3.89. The molecular weight excluding hydrogens is 446 g/mol. The highest BCUT2D eigenvalue weighted by Crippen LogP contribution is 2.21. The SMILES string of the molecule is Cc1ccc(C(=O)N2CCN(c3ccc(NC(=O)CSc4nc(C)cc(C)n4)cc3)CC2)cc1. The summed E-state index contributed by atoms with van der Waals surface area (Å²) in [5, 5.41) is 3.54. The molecule has 1 N–H and O–H groups in total. The Morgan fingerprint density at radius 1 is 0.882 bits per heavy atom. The van der Waals surface area contributed by atoms with Crippen molar-refractivity contribution in [2.75, 3.05) is 42.1 Å². The molecule has 0 radical (unpaired) electrons. The molecule has 34 heavy (non-hydrogen) atoms. The zero-order chi connectivity index (χ0) is 24.1. The van der Waals surface area contributed by atoms with Crippen molar-refractivity contribution >= 4 is 35.0 Å². The van der Waals surface area contributed by atoms with E-state index in [1.807, 2.05) is 80.3 Å². The van der Waals surface area contributed by atoms with Gasteiger partial charge in [0.1, 0.15) is 0 Å². The minimum atomic E-state index is -0.0938. The van der Waals surface area contributed by atoms with Crippen LogP contribution in [0.3, 0.4) is 0 Å². The van der Waals surface area contributed by atoms with Crippen molar-refractivity contribution in [2.45, 2.75) is 25.9 Å². The van der Waals surface area contributed by atoms with Gasteiger partial charge in [0, 0.05) is 54.5 Å². The van der Waals surface area contributed by atoms with E-state index in [1.54, 1.807) is 0 Å². The number of carbonyl (C=O) groups excluding carboxylic acids is 2. The van der Waals surface area contributed by atoms with E-state index >= 15 is 0 Å². The van der Waals surface area contributed by atoms with Gasteiger partial charge in [0.25, 0.3) is 5.91 Å². The van der Waals surface area contributed by atoms with Gasteiger partial charge in [0.15, 0.2) is 5.16 Å². The molecule has 4 rings (SSSR count). The van der Waals surface area contributed by atoms with Crippen molar-refractivity contribution in [3.05, 3.63) is 77.1 Å². The normalized spacial score (nSPS) is 13.6. The van der Waals surface area contributed by atoms with Crippen LogP contribution in [0.5, 0.6) is 0 Å². The molecule has 2 heterocycles. The van der Waals surface area contributed by atoms with Crippen molar-refractivity contribution in [2.24, 2.45) is 0 Å². The molecule has 8 heteroatoms. The van der Waals surface area contributed by atoms with Crippen molar-refractivity contribution in [1.29, 1.82) is 0 Å². The maximum absolute atomic E-state index is 12.7. The number of nitrogens with one attached hydrogen (secondary N) is 1. The summed E-state index contributed by atoms with van der Waals surface area (Å²) < 4.78 is 0. The van der Waals surface area contributed by atoms with Crippen LogP contribution in [-0.2, 0) is 4.79 Å². The molecule has 0 spiro atoms. The number of amides is 2. The van der Waals surface area contributed by atoms with E-state index in [-0.39, 0.29) is 17.6 Å². The van der Waals surface area contributed by atoms with Crippen molar-refractivity contribution in [1.82, 2.24) is 14.9 Å². The van der Waals surface area contributed by atoms with Crippen LogP contribution in [-0.4, -0.2) is 58.6 Å². The number of benzene rings is 2. The molecule has 1 saturated heterocycles. The van der Waals surface area contributed by atoms with Gasteiger partial charge in [-0.1, -0.05) is 29.5 Å². The first-order valence-corrected chi connectivity index (χ1v) is 12.3. The molecule has 176 valence electrons. The lowest BCUT2D eigenvalue weighted by atomic mass is 10.1. The highest BCUT2D eigenvalue weighted by Gasteiger charge is 2.22. The van der Waals surface area contributed by atoms with Gasteiger partial charge in [-0.25, -0.2) is 9.97 Å². The van der Waals surface area contributed by atoms with Crippen LogP contribution in [0.1, 0.15) is 27.3 Å². The molecule has 1 fully saturated rings. The van der Waals surface area contributed by atoms with Gasteiger partial charge in [-0.15, -0.1) is 0 Å². The smallest absolute Gasteiger partial charge is 0.253 e. The minimum Gasteiger partial charge on any atom is -0.368 e. The van der Waals surface area contributed by atoms with E-state index in [4.69, 9.17) is 0 Å². The van der Waals surface area contributed by atoms with E-state index in [1.165, 1.54) is 11.8 Å². The number of piperazine rings is 1. The van der Waals surface area contributed by atoms with Crippen LogP contribution in [0.4, 0.5) is 11.4 Å². The third kappa shape index (κ3) is 6.14. The highest BCUT2D eigenvalue weighted by atomic mass is 32.2. The lowest BCUT2D eigenvalue weighted by Gasteiger charge is -2.36. The second-order valence-electron chi connectivity index (χ2n) is 8.46. The Hall–Kier alpha value is -3.39. The molecule has 2 amide bonds. The molecule has 1 aliphatic heterocycles. The predicted molar refractivity (Wildman–Crippen MR) is 137 cm³/mol. The van der Waals surface area contributed by atoms with E-state index < -0.39 is 0 Å². The summed E-state index contributed by atoms with van der Waals surface area (Å²) in [6.45, 7) is 8.77. The van der Waals surface area contributed by atoms with Crippen LogP contribution in [0.25, 0.3) is 0 Å². The summed E-state index contributed by atoms with van der Waals surface area (Å²) in [6, 6.07) is 17.5. The number of thioether (sulfide) groups is 1. The summed E-state index contributed by atoms with van der Waals surface area (Å²) in [5.74, 6) is 0.243. The average Bonchev–Trinajstić information content (AvgIpc) is 2.83. The van der Waals surface area contributed by atoms with E-state index in [0.29, 0.717) is 18.2 Å².